The minimum atomic E-state index is 0.202. The molecule has 1 aliphatic carbocycles. The van der Waals surface area contributed by atoms with Crippen LogP contribution in [0.1, 0.15) is 54.5 Å². The fourth-order valence-corrected chi connectivity index (χ4v) is 2.86. The molecule has 1 fully saturated rings. The lowest BCUT2D eigenvalue weighted by atomic mass is 10.0. The van der Waals surface area contributed by atoms with E-state index in [9.17, 15) is 0 Å². The van der Waals surface area contributed by atoms with E-state index in [2.05, 4.69) is 60.8 Å². The molecule has 3 N–H and O–H groups in total. The van der Waals surface area contributed by atoms with Crippen molar-refractivity contribution in [3.63, 3.8) is 0 Å². The second-order valence-corrected chi connectivity index (χ2v) is 6.03. The molecule has 21 heavy (non-hydrogen) atoms. The minimum Gasteiger partial charge on any atom is -0.329 e. The smallest absolute Gasteiger partial charge is 0.0449 e. The van der Waals surface area contributed by atoms with Crippen LogP contribution in [0.5, 0.6) is 0 Å². The minimum absolute atomic E-state index is 0.202. The molecule has 0 bridgehead atoms. The van der Waals surface area contributed by atoms with Crippen LogP contribution in [0.25, 0.3) is 0 Å². The Bertz CT molecular complexity index is 558. The van der Waals surface area contributed by atoms with Crippen molar-refractivity contribution in [2.45, 2.75) is 37.8 Å². The predicted octanol–water partition coefficient (Wildman–Crippen LogP) is 3.91. The third-order valence-corrected chi connectivity index (χ3v) is 4.37. The molecule has 2 aromatic carbocycles. The summed E-state index contributed by atoms with van der Waals surface area (Å²) < 4.78 is 0. The second kappa shape index (κ2) is 6.42. The summed E-state index contributed by atoms with van der Waals surface area (Å²) in [7, 11) is 0. The van der Waals surface area contributed by atoms with Gasteiger partial charge in [-0.1, -0.05) is 54.6 Å². The number of hydrogen-bond donors (Lipinski definition) is 2. The zero-order valence-corrected chi connectivity index (χ0v) is 12.6. The van der Waals surface area contributed by atoms with Crippen LogP contribution in [-0.2, 0) is 0 Å². The Kier molecular flexibility index (Phi) is 4.37. The molecule has 0 aromatic heterocycles. The standard InChI is InChI=1S/C19H24N2/c1-14(15-5-3-2-4-6-15)21-19(13-20)18-11-9-17(10-12-18)16-7-8-16/h2-6,9-12,14,16,19,21H,7-8,13,20H2,1H3. The predicted molar refractivity (Wildman–Crippen MR) is 88.2 cm³/mol. The summed E-state index contributed by atoms with van der Waals surface area (Å²) >= 11 is 0. The van der Waals surface area contributed by atoms with Crippen LogP contribution in [0.15, 0.2) is 54.6 Å². The van der Waals surface area contributed by atoms with E-state index in [-0.39, 0.29) is 6.04 Å². The van der Waals surface area contributed by atoms with Gasteiger partial charge in [0, 0.05) is 18.6 Å². The third kappa shape index (κ3) is 3.52. The van der Waals surface area contributed by atoms with Gasteiger partial charge in [0.1, 0.15) is 0 Å². The molecule has 0 spiro atoms. The van der Waals surface area contributed by atoms with Gasteiger partial charge >= 0.3 is 0 Å². The molecular formula is C19H24N2. The SMILES string of the molecule is CC(NC(CN)c1ccc(C2CC2)cc1)c1ccccc1. The molecule has 2 aromatic rings. The van der Waals surface area contributed by atoms with Gasteiger partial charge < -0.3 is 11.1 Å². The van der Waals surface area contributed by atoms with Crippen LogP contribution in [-0.4, -0.2) is 6.54 Å². The molecule has 0 amide bonds. The van der Waals surface area contributed by atoms with Crippen molar-refractivity contribution < 1.29 is 0 Å². The lowest BCUT2D eigenvalue weighted by molar-refractivity contribution is 0.473. The van der Waals surface area contributed by atoms with Gasteiger partial charge in [0.25, 0.3) is 0 Å². The van der Waals surface area contributed by atoms with Crippen LogP contribution in [0.3, 0.4) is 0 Å². The van der Waals surface area contributed by atoms with Gasteiger partial charge in [0.15, 0.2) is 0 Å². The summed E-state index contributed by atoms with van der Waals surface area (Å²) in [5.41, 5.74) is 10.0. The highest BCUT2D eigenvalue weighted by molar-refractivity contribution is 5.30. The zero-order chi connectivity index (χ0) is 14.7. The van der Waals surface area contributed by atoms with Crippen molar-refractivity contribution in [2.24, 2.45) is 5.73 Å². The molecular weight excluding hydrogens is 256 g/mol. The first kappa shape index (κ1) is 14.3. The lowest BCUT2D eigenvalue weighted by Crippen LogP contribution is -2.30. The first-order chi connectivity index (χ1) is 10.3. The fourth-order valence-electron chi connectivity index (χ4n) is 2.86. The number of benzene rings is 2. The number of rotatable bonds is 6. The summed E-state index contributed by atoms with van der Waals surface area (Å²) in [4.78, 5) is 0. The molecule has 2 heteroatoms. The van der Waals surface area contributed by atoms with E-state index in [0.29, 0.717) is 12.6 Å². The summed E-state index contributed by atoms with van der Waals surface area (Å²) in [6.45, 7) is 2.80. The van der Waals surface area contributed by atoms with Crippen molar-refractivity contribution in [3.05, 3.63) is 71.3 Å². The van der Waals surface area contributed by atoms with Crippen molar-refractivity contribution in [3.8, 4) is 0 Å². The van der Waals surface area contributed by atoms with E-state index in [1.54, 1.807) is 0 Å². The van der Waals surface area contributed by atoms with Gasteiger partial charge in [-0.05, 0) is 42.4 Å². The Morgan fingerprint density at radius 2 is 1.67 bits per heavy atom. The van der Waals surface area contributed by atoms with Gasteiger partial charge in [0.05, 0.1) is 0 Å². The lowest BCUT2D eigenvalue weighted by Gasteiger charge is -2.23. The van der Waals surface area contributed by atoms with Crippen LogP contribution < -0.4 is 11.1 Å². The van der Waals surface area contributed by atoms with Crippen LogP contribution in [0, 0.1) is 0 Å². The Morgan fingerprint density at radius 3 is 2.24 bits per heavy atom. The van der Waals surface area contributed by atoms with Gasteiger partial charge in [-0.25, -0.2) is 0 Å². The Morgan fingerprint density at radius 1 is 1.00 bits per heavy atom. The number of nitrogens with two attached hydrogens (primary N) is 1. The molecule has 2 nitrogen and oxygen atoms in total. The van der Waals surface area contributed by atoms with Gasteiger partial charge in [-0.3, -0.25) is 0 Å². The molecule has 2 atom stereocenters. The average Bonchev–Trinajstić information content (AvgIpc) is 3.38. The largest absolute Gasteiger partial charge is 0.329 e. The van der Waals surface area contributed by atoms with Crippen molar-refractivity contribution in [1.82, 2.24) is 5.32 Å². The molecule has 1 saturated carbocycles. The monoisotopic (exact) mass is 280 g/mol. The zero-order valence-electron chi connectivity index (χ0n) is 12.6. The molecule has 0 saturated heterocycles. The van der Waals surface area contributed by atoms with E-state index < -0.39 is 0 Å². The van der Waals surface area contributed by atoms with Crippen LogP contribution in [0.2, 0.25) is 0 Å². The Balaban J connectivity index is 1.69. The Hall–Kier alpha value is -1.64. The topological polar surface area (TPSA) is 38.0 Å². The van der Waals surface area contributed by atoms with E-state index in [0.717, 1.165) is 5.92 Å². The molecule has 2 unspecified atom stereocenters. The average molecular weight is 280 g/mol. The molecule has 110 valence electrons. The van der Waals surface area contributed by atoms with Crippen LogP contribution >= 0.6 is 0 Å². The maximum Gasteiger partial charge on any atom is 0.0449 e. The number of hydrogen-bond acceptors (Lipinski definition) is 2. The van der Waals surface area contributed by atoms with E-state index in [4.69, 9.17) is 5.73 Å². The quantitative estimate of drug-likeness (QED) is 0.842. The summed E-state index contributed by atoms with van der Waals surface area (Å²) in [6.07, 6.45) is 2.70. The molecule has 0 radical (unpaired) electrons. The first-order valence-corrected chi connectivity index (χ1v) is 7.89. The van der Waals surface area contributed by atoms with Gasteiger partial charge in [0.2, 0.25) is 0 Å². The number of nitrogens with one attached hydrogen (secondary N) is 1. The van der Waals surface area contributed by atoms with Crippen molar-refractivity contribution in [2.75, 3.05) is 6.54 Å². The molecule has 0 aliphatic heterocycles. The molecule has 1 aliphatic rings. The summed E-state index contributed by atoms with van der Waals surface area (Å²) in [5.74, 6) is 0.812. The third-order valence-electron chi connectivity index (χ3n) is 4.37. The van der Waals surface area contributed by atoms with Crippen molar-refractivity contribution >= 4 is 0 Å². The van der Waals surface area contributed by atoms with E-state index in [1.807, 2.05) is 6.07 Å². The van der Waals surface area contributed by atoms with Crippen molar-refractivity contribution in [1.29, 1.82) is 0 Å². The normalized spacial score (nSPS) is 17.4. The van der Waals surface area contributed by atoms with Gasteiger partial charge in [-0.15, -0.1) is 0 Å². The van der Waals surface area contributed by atoms with Gasteiger partial charge in [-0.2, -0.15) is 0 Å². The maximum absolute atomic E-state index is 5.98. The maximum atomic E-state index is 5.98. The summed E-state index contributed by atoms with van der Waals surface area (Å²) in [6, 6.07) is 20.0. The Labute approximate surface area is 127 Å². The fraction of sp³-hybridized carbons (Fsp3) is 0.368. The van der Waals surface area contributed by atoms with E-state index >= 15 is 0 Å². The van der Waals surface area contributed by atoms with E-state index in [1.165, 1.54) is 29.5 Å². The second-order valence-electron chi connectivity index (χ2n) is 6.03. The highest BCUT2D eigenvalue weighted by Crippen LogP contribution is 2.40. The summed E-state index contributed by atoms with van der Waals surface area (Å²) in [5, 5.41) is 3.64. The molecule has 3 rings (SSSR count). The molecule has 0 heterocycles. The highest BCUT2D eigenvalue weighted by Gasteiger charge is 2.23. The highest BCUT2D eigenvalue weighted by atomic mass is 15.0. The first-order valence-electron chi connectivity index (χ1n) is 7.89. The van der Waals surface area contributed by atoms with Crippen LogP contribution in [0.4, 0.5) is 0 Å².